The Kier molecular flexibility index (Phi) is 12.0. The second-order valence-corrected chi connectivity index (χ2v) is 20.3. The van der Waals surface area contributed by atoms with Crippen molar-refractivity contribution in [1.82, 2.24) is 40.4 Å². The molecule has 4 amide bonds. The topological polar surface area (TPSA) is 175 Å². The van der Waals surface area contributed by atoms with Crippen molar-refractivity contribution < 1.29 is 28.7 Å². The molecule has 2 saturated heterocycles. The van der Waals surface area contributed by atoms with Gasteiger partial charge in [0.25, 0.3) is 0 Å². The molecule has 0 radical (unpaired) electrons. The number of alkyl carbamates (subject to hydrolysis) is 2. The summed E-state index contributed by atoms with van der Waals surface area (Å²) >= 11 is 5.18. The van der Waals surface area contributed by atoms with Crippen LogP contribution in [-0.2, 0) is 19.1 Å². The van der Waals surface area contributed by atoms with Gasteiger partial charge in [0.15, 0.2) is 0 Å². The number of amides is 4. The van der Waals surface area contributed by atoms with Gasteiger partial charge in [-0.05, 0) is 65.8 Å². The van der Waals surface area contributed by atoms with Gasteiger partial charge in [-0.25, -0.2) is 19.6 Å². The molecule has 14 nitrogen and oxygen atoms in total. The zero-order chi connectivity index (χ0) is 43.3. The van der Waals surface area contributed by atoms with E-state index < -0.39 is 24.3 Å². The number of carbonyl (C=O) groups is 4. The van der Waals surface area contributed by atoms with Crippen molar-refractivity contribution in [2.24, 2.45) is 23.7 Å². The lowest BCUT2D eigenvalue weighted by Gasteiger charge is -2.30. The number of methoxy groups -OCH3 is 2. The smallest absolute Gasteiger partial charge is 0.407 e. The van der Waals surface area contributed by atoms with Crippen LogP contribution < -0.4 is 10.6 Å². The van der Waals surface area contributed by atoms with Gasteiger partial charge in [0.1, 0.15) is 28.6 Å². The predicted octanol–water partition coefficient (Wildman–Crippen LogP) is 9.20. The molecule has 2 aliphatic heterocycles. The van der Waals surface area contributed by atoms with E-state index in [1.807, 2.05) is 43.7 Å². The van der Waals surface area contributed by atoms with Crippen molar-refractivity contribution in [2.45, 2.75) is 78.6 Å². The van der Waals surface area contributed by atoms with Crippen molar-refractivity contribution in [3.05, 3.63) is 60.3 Å². The molecule has 17 heteroatoms. The predicted molar refractivity (Wildman–Crippen MR) is 240 cm³/mol. The number of aromatic nitrogens is 4. The van der Waals surface area contributed by atoms with E-state index in [4.69, 9.17) is 19.4 Å². The summed E-state index contributed by atoms with van der Waals surface area (Å²) in [5, 5.41) is 5.45. The first-order valence-corrected chi connectivity index (χ1v) is 23.1. The number of carbonyl (C=O) groups excluding carboxylic acids is 4. The van der Waals surface area contributed by atoms with Crippen LogP contribution in [0.25, 0.3) is 51.2 Å². The third-order valence-corrected chi connectivity index (χ3v) is 15.3. The van der Waals surface area contributed by atoms with Crippen LogP contribution in [0.5, 0.6) is 0 Å². The van der Waals surface area contributed by atoms with Gasteiger partial charge in [0, 0.05) is 37.1 Å². The molecule has 0 spiro atoms. The minimum atomic E-state index is -0.694. The first kappa shape index (κ1) is 42.4. The molecule has 1 aromatic carbocycles. The van der Waals surface area contributed by atoms with E-state index in [0.717, 1.165) is 56.5 Å². The molecular weight excluding hydrogens is 833 g/mol. The maximum absolute atomic E-state index is 13.7. The fraction of sp³-hybridized carbons (Fsp3) is 0.455. The van der Waals surface area contributed by atoms with Crippen LogP contribution in [0.1, 0.15) is 78.1 Å². The number of nitrogens with one attached hydrogen (secondary N) is 4. The van der Waals surface area contributed by atoms with Crippen molar-refractivity contribution in [2.75, 3.05) is 27.3 Å². The van der Waals surface area contributed by atoms with E-state index in [2.05, 4.69) is 76.9 Å². The Balaban J connectivity index is 0.943. The number of thiophene rings is 3. The lowest BCUT2D eigenvalue weighted by atomic mass is 10.0. The molecule has 6 atom stereocenters. The largest absolute Gasteiger partial charge is 0.453 e. The molecule has 0 bridgehead atoms. The lowest BCUT2D eigenvalue weighted by Crippen LogP contribution is -2.51. The molecule has 1 unspecified atom stereocenters. The lowest BCUT2D eigenvalue weighted by molar-refractivity contribution is -0.136. The molecule has 2 aliphatic rings. The number of benzene rings is 1. The summed E-state index contributed by atoms with van der Waals surface area (Å²) in [6, 6.07) is 13.3. The monoisotopic (exact) mass is 884 g/mol. The third-order valence-electron chi connectivity index (χ3n) is 11.7. The Morgan fingerprint density at radius 2 is 1.21 bits per heavy atom. The summed E-state index contributed by atoms with van der Waals surface area (Å²) in [7, 11) is 2.60. The third kappa shape index (κ3) is 8.51. The number of hydrogen-bond acceptors (Lipinski definition) is 11. The standard InChI is InChI=1S/C44H52N8O6S3/c1-21(2)36(48-43(55)57-7)41(53)51-19-23(5)13-29(51)38-45-18-28(47-38)25-9-11-26(12-10-25)31-16-33-35(59-31)17-34(60-33)32-15-27-40(61-32)50-39(46-27)30-14-24(6)20-52(30)42(54)37(22(3)4)49-44(56)58-8/h9-12,15-18,21-24,29-30,36-37H,13-14,19-20H2,1-8H3,(H,45,47)(H,46,50)(H,48,55)(H,49,56)/t23-,24-,29-,30-,36?,37-/m0/s1. The Labute approximate surface area is 366 Å². The molecule has 61 heavy (non-hydrogen) atoms. The van der Waals surface area contributed by atoms with E-state index in [1.165, 1.54) is 33.4 Å². The van der Waals surface area contributed by atoms with Gasteiger partial charge in [-0.2, -0.15) is 0 Å². The molecule has 0 aliphatic carbocycles. The minimum Gasteiger partial charge on any atom is -0.453 e. The van der Waals surface area contributed by atoms with E-state index in [-0.39, 0.29) is 41.7 Å². The number of ether oxygens (including phenoxy) is 2. The molecule has 0 saturated carbocycles. The van der Waals surface area contributed by atoms with Crippen molar-refractivity contribution in [1.29, 1.82) is 0 Å². The summed E-state index contributed by atoms with van der Waals surface area (Å²) < 4.78 is 12.0. The van der Waals surface area contributed by atoms with Crippen molar-refractivity contribution >= 4 is 77.8 Å². The fourth-order valence-electron chi connectivity index (χ4n) is 8.53. The Morgan fingerprint density at radius 1 is 0.705 bits per heavy atom. The van der Waals surface area contributed by atoms with Crippen LogP contribution in [0.3, 0.4) is 0 Å². The van der Waals surface area contributed by atoms with E-state index in [1.54, 1.807) is 34.0 Å². The summed E-state index contributed by atoms with van der Waals surface area (Å²) in [6.45, 7) is 13.1. The minimum absolute atomic E-state index is 0.103. The van der Waals surface area contributed by atoms with Gasteiger partial charge in [-0.15, -0.1) is 34.0 Å². The van der Waals surface area contributed by atoms with Crippen LogP contribution in [-0.4, -0.2) is 93.1 Å². The van der Waals surface area contributed by atoms with Gasteiger partial charge < -0.3 is 39.9 Å². The Bertz CT molecular complexity index is 2510. The quantitative estimate of drug-likeness (QED) is 0.0997. The average molecular weight is 885 g/mol. The maximum Gasteiger partial charge on any atom is 0.407 e. The van der Waals surface area contributed by atoms with Gasteiger partial charge >= 0.3 is 12.2 Å². The number of rotatable bonds is 11. The highest BCUT2D eigenvalue weighted by Crippen LogP contribution is 2.45. The van der Waals surface area contributed by atoms with E-state index in [9.17, 15) is 19.2 Å². The number of nitrogens with zero attached hydrogens (tertiary/aromatic N) is 4. The zero-order valence-electron chi connectivity index (χ0n) is 35.5. The first-order valence-electron chi connectivity index (χ1n) is 20.7. The highest BCUT2D eigenvalue weighted by molar-refractivity contribution is 7.33. The van der Waals surface area contributed by atoms with Crippen LogP contribution in [0, 0.1) is 23.7 Å². The number of H-pyrrole nitrogens is 2. The molecular formula is C44H52N8O6S3. The van der Waals surface area contributed by atoms with Crippen LogP contribution in [0.4, 0.5) is 9.59 Å². The second kappa shape index (κ2) is 17.2. The molecule has 4 N–H and O–H groups in total. The van der Waals surface area contributed by atoms with Gasteiger partial charge in [0.05, 0.1) is 43.7 Å². The summed E-state index contributed by atoms with van der Waals surface area (Å²) in [6.07, 6.45) is 2.16. The summed E-state index contributed by atoms with van der Waals surface area (Å²) in [5.41, 5.74) is 3.96. The Hall–Kier alpha value is -5.26. The first-order chi connectivity index (χ1) is 29.2. The molecule has 7 heterocycles. The van der Waals surface area contributed by atoms with Gasteiger partial charge in [0.2, 0.25) is 11.8 Å². The molecule has 5 aromatic heterocycles. The van der Waals surface area contributed by atoms with E-state index >= 15 is 0 Å². The second-order valence-electron chi connectivity index (χ2n) is 17.1. The fourth-order valence-corrected chi connectivity index (χ4v) is 12.0. The zero-order valence-corrected chi connectivity index (χ0v) is 38.0. The molecule has 6 aromatic rings. The number of aromatic amines is 2. The highest BCUT2D eigenvalue weighted by Gasteiger charge is 2.42. The summed E-state index contributed by atoms with van der Waals surface area (Å²) in [5.74, 6) is 1.62. The molecule has 8 rings (SSSR count). The van der Waals surface area contributed by atoms with Crippen molar-refractivity contribution in [3.8, 4) is 31.5 Å². The van der Waals surface area contributed by atoms with Crippen LogP contribution in [0.2, 0.25) is 0 Å². The van der Waals surface area contributed by atoms with Crippen LogP contribution >= 0.6 is 34.0 Å². The highest BCUT2D eigenvalue weighted by atomic mass is 32.1. The van der Waals surface area contributed by atoms with Gasteiger partial charge in [-0.3, -0.25) is 9.59 Å². The number of fused-ring (bicyclic) bond motifs is 2. The Morgan fingerprint density at radius 3 is 1.75 bits per heavy atom. The molecule has 2 fully saturated rings. The van der Waals surface area contributed by atoms with Gasteiger partial charge in [-0.1, -0.05) is 65.8 Å². The van der Waals surface area contributed by atoms with E-state index in [0.29, 0.717) is 19.0 Å². The average Bonchev–Trinajstić information content (AvgIpc) is 4.09. The summed E-state index contributed by atoms with van der Waals surface area (Å²) in [4.78, 5) is 76.4. The number of likely N-dealkylation sites (tertiary alicyclic amines) is 2. The number of imidazole rings is 2. The molecule has 322 valence electrons. The van der Waals surface area contributed by atoms with Crippen molar-refractivity contribution in [3.63, 3.8) is 0 Å². The number of hydrogen-bond donors (Lipinski definition) is 4. The normalized spacial score (nSPS) is 20.2. The SMILES string of the molecule is COC(=O)NC(C(=O)N1C[C@@H](C)C[C@H]1c1ncc(-c2ccc(-c3cc4sc(-c5cc6[nH]c([C@@H]7C[C@H](C)CN7C(=O)[C@@H](NC(=O)OC)C(C)C)nc6s5)cc4s3)cc2)[nH]1)C(C)C. The van der Waals surface area contributed by atoms with Crippen LogP contribution in [0.15, 0.2) is 48.7 Å². The maximum atomic E-state index is 13.7.